The number of piperazine rings is 1. The third-order valence-corrected chi connectivity index (χ3v) is 12.2. The van der Waals surface area contributed by atoms with Crippen molar-refractivity contribution in [2.45, 2.75) is 69.2 Å². The quantitative estimate of drug-likeness (QED) is 0.116. The summed E-state index contributed by atoms with van der Waals surface area (Å²) in [5.74, 6) is 2.25. The first-order valence-electron chi connectivity index (χ1n) is 17.7. The molecule has 0 saturated carbocycles. The van der Waals surface area contributed by atoms with Crippen molar-refractivity contribution in [1.82, 2.24) is 24.8 Å². The third kappa shape index (κ3) is 6.30. The van der Waals surface area contributed by atoms with Gasteiger partial charge in [0.05, 0.1) is 38.0 Å². The first-order valence-corrected chi connectivity index (χ1v) is 19.7. The second kappa shape index (κ2) is 14.4. The smallest absolute Gasteiger partial charge is 0.407 e. The van der Waals surface area contributed by atoms with Crippen molar-refractivity contribution in [3.05, 3.63) is 81.7 Å². The molecule has 3 aliphatic heterocycles. The van der Waals surface area contributed by atoms with E-state index >= 15 is 4.39 Å². The molecule has 54 heavy (non-hydrogen) atoms. The van der Waals surface area contributed by atoms with Crippen LogP contribution in [0.15, 0.2) is 64.2 Å². The van der Waals surface area contributed by atoms with Gasteiger partial charge in [-0.3, -0.25) is 4.90 Å². The summed E-state index contributed by atoms with van der Waals surface area (Å²) >= 11 is 5.04. The zero-order valence-electron chi connectivity index (χ0n) is 30.4. The number of nitrogens with zero attached hydrogens (tertiary/aromatic N) is 7. The summed E-state index contributed by atoms with van der Waals surface area (Å²) in [4.78, 5) is 37.7. The first kappa shape index (κ1) is 36.1. The van der Waals surface area contributed by atoms with E-state index in [0.29, 0.717) is 64.0 Å². The van der Waals surface area contributed by atoms with Crippen molar-refractivity contribution in [2.24, 2.45) is 0 Å². The number of carbonyl (C=O) groups is 1. The van der Waals surface area contributed by atoms with Crippen LogP contribution in [0.3, 0.4) is 0 Å². The van der Waals surface area contributed by atoms with Gasteiger partial charge in [0.15, 0.2) is 11.0 Å². The van der Waals surface area contributed by atoms with Gasteiger partial charge in [0, 0.05) is 29.7 Å². The van der Waals surface area contributed by atoms with Crippen LogP contribution in [0, 0.1) is 12.7 Å². The highest BCUT2D eigenvalue weighted by molar-refractivity contribution is 9.10. The highest BCUT2D eigenvalue weighted by Gasteiger charge is 2.53. The molecule has 2 aromatic carbocycles. The summed E-state index contributed by atoms with van der Waals surface area (Å²) in [6.07, 6.45) is 1.86. The number of fused-ring (bicyclic) bond motifs is 5. The van der Waals surface area contributed by atoms with E-state index in [1.54, 1.807) is 19.1 Å². The summed E-state index contributed by atoms with van der Waals surface area (Å²) in [6, 6.07) is 16.7. The summed E-state index contributed by atoms with van der Waals surface area (Å²) < 4.78 is 35.3. The van der Waals surface area contributed by atoms with Gasteiger partial charge in [0.2, 0.25) is 5.88 Å². The number of anilines is 2. The summed E-state index contributed by atoms with van der Waals surface area (Å²) in [7, 11) is 3.27. The van der Waals surface area contributed by atoms with Crippen LogP contribution in [0.25, 0.3) is 22.2 Å². The van der Waals surface area contributed by atoms with Crippen molar-refractivity contribution in [3.8, 4) is 28.6 Å². The van der Waals surface area contributed by atoms with Gasteiger partial charge in [0.25, 0.3) is 0 Å². The fraction of sp³-hybridized carbons (Fsp3) is 0.359. The lowest BCUT2D eigenvalue weighted by atomic mass is 9.98. The Bertz CT molecular complexity index is 2200. The van der Waals surface area contributed by atoms with Gasteiger partial charge in [-0.2, -0.15) is 0 Å². The minimum atomic E-state index is -0.943. The maximum atomic E-state index is 17.3. The number of thioether (sulfide) groups is 1. The SMILES string of the molecule is COc1ccc(CN(Cc2ccc(OC)cc2)c2cc(-c3nc4c5c(nc(SC)nc5c3F)N3CC5CCC(C3C(C)O4)N5C(=O)O)c(Br)c(C)n2)cc1. The maximum absolute atomic E-state index is 17.3. The van der Waals surface area contributed by atoms with E-state index in [2.05, 4.69) is 25.7 Å². The molecule has 0 aliphatic carbocycles. The van der Waals surface area contributed by atoms with E-state index in [1.807, 2.05) is 74.7 Å². The maximum Gasteiger partial charge on any atom is 0.407 e. The van der Waals surface area contributed by atoms with Crippen LogP contribution in [0.2, 0.25) is 0 Å². The molecule has 4 atom stereocenters. The first-order chi connectivity index (χ1) is 26.1. The minimum absolute atomic E-state index is 0.0578. The number of ether oxygens (including phenoxy) is 3. The van der Waals surface area contributed by atoms with Gasteiger partial charge in [0.1, 0.15) is 45.8 Å². The average Bonchev–Trinajstić information content (AvgIpc) is 3.43. The number of hydrogen-bond acceptors (Lipinski definition) is 11. The van der Waals surface area contributed by atoms with E-state index in [-0.39, 0.29) is 35.2 Å². The van der Waals surface area contributed by atoms with E-state index in [0.717, 1.165) is 29.0 Å². The topological polar surface area (TPSA) is 126 Å². The second-order valence-electron chi connectivity index (χ2n) is 13.8. The molecule has 4 unspecified atom stereocenters. The number of benzene rings is 2. The van der Waals surface area contributed by atoms with Crippen LogP contribution in [-0.4, -0.2) is 87.3 Å². The molecule has 3 aliphatic rings. The van der Waals surface area contributed by atoms with Gasteiger partial charge in [-0.25, -0.2) is 29.1 Å². The Hall–Kier alpha value is -4.89. The largest absolute Gasteiger partial charge is 0.497 e. The Morgan fingerprint density at radius 2 is 1.67 bits per heavy atom. The van der Waals surface area contributed by atoms with Crippen molar-refractivity contribution in [2.75, 3.05) is 36.8 Å². The number of aryl methyl sites for hydroxylation is 1. The van der Waals surface area contributed by atoms with Gasteiger partial charge in [-0.05, 0) is 90.3 Å². The Kier molecular flexibility index (Phi) is 9.63. The molecule has 2 bridgehead atoms. The standard InChI is InChI=1S/C39H39BrFN7O5S/c1-20-31(40)27(16-29(42-20)46(17-22-6-11-25(51-3)12-7-22)18-23-8-13-26(52-4)14-9-23)33-32(41)34-30-36(45-38(44-34)54-5)47-19-24-10-15-28(48(24)39(49)50)35(47)21(2)53-37(30)43-33/h6-9,11-14,16,21,24,28,35H,10,15,17-19H2,1-5H3,(H,49,50). The lowest BCUT2D eigenvalue weighted by Gasteiger charge is -2.47. The van der Waals surface area contributed by atoms with Crippen molar-refractivity contribution in [3.63, 3.8) is 0 Å². The number of pyridine rings is 2. The summed E-state index contributed by atoms with van der Waals surface area (Å²) in [5, 5.41) is 10.9. The van der Waals surface area contributed by atoms with Crippen LogP contribution in [0.4, 0.5) is 20.8 Å². The number of amides is 1. The molecule has 5 aromatic rings. The molecular weight excluding hydrogens is 777 g/mol. The fourth-order valence-corrected chi connectivity index (χ4v) is 8.83. The Balaban J connectivity index is 1.26. The second-order valence-corrected chi connectivity index (χ2v) is 15.3. The number of halogens is 2. The molecule has 8 rings (SSSR count). The van der Waals surface area contributed by atoms with Gasteiger partial charge in [-0.15, -0.1) is 0 Å². The predicted molar refractivity (Wildman–Crippen MR) is 209 cm³/mol. The van der Waals surface area contributed by atoms with Crippen LogP contribution < -0.4 is 24.0 Å². The Morgan fingerprint density at radius 3 is 2.26 bits per heavy atom. The molecule has 12 nitrogen and oxygen atoms in total. The number of methoxy groups -OCH3 is 2. The molecule has 0 radical (unpaired) electrons. The monoisotopic (exact) mass is 815 g/mol. The van der Waals surface area contributed by atoms with E-state index < -0.39 is 18.0 Å². The molecule has 0 spiro atoms. The number of rotatable bonds is 9. The van der Waals surface area contributed by atoms with Crippen LogP contribution in [0.1, 0.15) is 36.6 Å². The zero-order valence-corrected chi connectivity index (χ0v) is 32.8. The summed E-state index contributed by atoms with van der Waals surface area (Å²) in [5.41, 5.74) is 3.36. The lowest BCUT2D eigenvalue weighted by Crippen LogP contribution is -2.64. The molecule has 280 valence electrons. The van der Waals surface area contributed by atoms with Crippen molar-refractivity contribution < 1.29 is 28.5 Å². The van der Waals surface area contributed by atoms with Crippen LogP contribution >= 0.6 is 27.7 Å². The van der Waals surface area contributed by atoms with Gasteiger partial charge in [-0.1, -0.05) is 36.0 Å². The van der Waals surface area contributed by atoms with E-state index in [4.69, 9.17) is 34.1 Å². The van der Waals surface area contributed by atoms with Crippen molar-refractivity contribution >= 4 is 56.3 Å². The molecule has 15 heteroatoms. The van der Waals surface area contributed by atoms with Gasteiger partial charge < -0.3 is 29.1 Å². The van der Waals surface area contributed by atoms with Gasteiger partial charge >= 0.3 is 6.09 Å². The molecule has 6 heterocycles. The molecule has 1 amide bonds. The molecule has 1 N–H and O–H groups in total. The number of carboxylic acid groups (broad SMARTS) is 1. The normalized spacial score (nSPS) is 20.0. The lowest BCUT2D eigenvalue weighted by molar-refractivity contribution is 0.0707. The highest BCUT2D eigenvalue weighted by atomic mass is 79.9. The highest BCUT2D eigenvalue weighted by Crippen LogP contribution is 2.47. The Morgan fingerprint density at radius 1 is 1.02 bits per heavy atom. The zero-order chi connectivity index (χ0) is 37.8. The molecular formula is C39H39BrFN7O5S. The number of hydrogen-bond donors (Lipinski definition) is 1. The van der Waals surface area contributed by atoms with Crippen LogP contribution in [-0.2, 0) is 13.1 Å². The van der Waals surface area contributed by atoms with E-state index in [1.165, 1.54) is 11.8 Å². The third-order valence-electron chi connectivity index (χ3n) is 10.6. The minimum Gasteiger partial charge on any atom is -0.497 e. The molecule has 2 fully saturated rings. The molecule has 3 aromatic heterocycles. The Labute approximate surface area is 324 Å². The molecule has 2 saturated heterocycles. The van der Waals surface area contributed by atoms with Crippen molar-refractivity contribution in [1.29, 1.82) is 0 Å². The van der Waals surface area contributed by atoms with E-state index in [9.17, 15) is 9.90 Å². The predicted octanol–water partition coefficient (Wildman–Crippen LogP) is 7.72. The number of aromatic nitrogens is 4. The summed E-state index contributed by atoms with van der Waals surface area (Å²) in [6.45, 7) is 5.21. The average molecular weight is 817 g/mol. The van der Waals surface area contributed by atoms with Crippen LogP contribution in [0.5, 0.6) is 17.4 Å². The fourth-order valence-electron chi connectivity index (χ4n) is 8.08.